The molecule has 1 fully saturated rings. The average Bonchev–Trinajstić information content (AvgIpc) is 2.62. The van der Waals surface area contributed by atoms with Crippen LogP contribution in [0.4, 0.5) is 0 Å². The van der Waals surface area contributed by atoms with Crippen molar-refractivity contribution in [1.29, 1.82) is 0 Å². The number of hydrogen-bond donors (Lipinski definition) is 0. The van der Waals surface area contributed by atoms with Crippen molar-refractivity contribution >= 4 is 0 Å². The standard InChI is InChI=1S/C24H48/c1-3-5-7-9-11-13-16-20-23(24-21-17-14-18-22-24)19-15-12-10-8-6-4-2/h23-24H,3-22H2,1-2H3. The normalized spacial score (nSPS) is 17.2. The quantitative estimate of drug-likeness (QED) is 0.246. The van der Waals surface area contributed by atoms with Gasteiger partial charge in [0.25, 0.3) is 0 Å². The molecule has 0 heterocycles. The van der Waals surface area contributed by atoms with Gasteiger partial charge in [-0.15, -0.1) is 0 Å². The third-order valence-corrected chi connectivity index (χ3v) is 6.42. The van der Waals surface area contributed by atoms with Crippen molar-refractivity contribution in [3.8, 4) is 0 Å². The largest absolute Gasteiger partial charge is 0.0654 e. The minimum Gasteiger partial charge on any atom is -0.0654 e. The molecule has 0 bridgehead atoms. The molecule has 0 N–H and O–H groups in total. The van der Waals surface area contributed by atoms with E-state index in [1.807, 2.05) is 0 Å². The van der Waals surface area contributed by atoms with E-state index in [0.29, 0.717) is 0 Å². The summed E-state index contributed by atoms with van der Waals surface area (Å²) in [5, 5.41) is 0. The molecule has 24 heavy (non-hydrogen) atoms. The summed E-state index contributed by atoms with van der Waals surface area (Å²) < 4.78 is 0. The minimum absolute atomic E-state index is 1.08. The van der Waals surface area contributed by atoms with E-state index in [2.05, 4.69) is 13.8 Å². The fraction of sp³-hybridized carbons (Fsp3) is 1.00. The predicted molar refractivity (Wildman–Crippen MR) is 111 cm³/mol. The minimum atomic E-state index is 1.08. The van der Waals surface area contributed by atoms with E-state index in [0.717, 1.165) is 11.8 Å². The molecule has 0 aromatic rings. The Labute approximate surface area is 154 Å². The van der Waals surface area contributed by atoms with E-state index >= 15 is 0 Å². The van der Waals surface area contributed by atoms with Gasteiger partial charge in [0, 0.05) is 0 Å². The first kappa shape index (κ1) is 22.0. The third kappa shape index (κ3) is 11.5. The maximum atomic E-state index is 2.32. The summed E-state index contributed by atoms with van der Waals surface area (Å²) in [5.41, 5.74) is 0. The van der Waals surface area contributed by atoms with E-state index in [9.17, 15) is 0 Å². The molecule has 1 saturated carbocycles. The molecule has 0 radical (unpaired) electrons. The van der Waals surface area contributed by atoms with Crippen LogP contribution in [-0.2, 0) is 0 Å². The smallest absolute Gasteiger partial charge is 0.0386 e. The molecule has 0 aromatic heterocycles. The molecule has 0 aliphatic heterocycles. The Balaban J connectivity index is 2.15. The van der Waals surface area contributed by atoms with Crippen LogP contribution in [0.1, 0.15) is 142 Å². The second kappa shape index (κ2) is 16.5. The van der Waals surface area contributed by atoms with Gasteiger partial charge in [0.15, 0.2) is 0 Å². The fourth-order valence-corrected chi connectivity index (χ4v) is 4.77. The van der Waals surface area contributed by atoms with E-state index in [4.69, 9.17) is 0 Å². The average molecular weight is 337 g/mol. The van der Waals surface area contributed by atoms with Gasteiger partial charge in [-0.3, -0.25) is 0 Å². The first-order valence-corrected chi connectivity index (χ1v) is 11.9. The maximum Gasteiger partial charge on any atom is -0.0386 e. The first-order chi connectivity index (χ1) is 11.9. The molecule has 0 saturated heterocycles. The fourth-order valence-electron chi connectivity index (χ4n) is 4.77. The Kier molecular flexibility index (Phi) is 15.1. The van der Waals surface area contributed by atoms with Gasteiger partial charge in [0.1, 0.15) is 0 Å². The van der Waals surface area contributed by atoms with Crippen molar-refractivity contribution in [3.05, 3.63) is 0 Å². The van der Waals surface area contributed by atoms with Crippen LogP contribution in [-0.4, -0.2) is 0 Å². The van der Waals surface area contributed by atoms with Gasteiger partial charge in [-0.05, 0) is 11.8 Å². The van der Waals surface area contributed by atoms with Crippen LogP contribution in [0, 0.1) is 11.8 Å². The van der Waals surface area contributed by atoms with Crippen molar-refractivity contribution in [2.24, 2.45) is 11.8 Å². The predicted octanol–water partition coefficient (Wildman–Crippen LogP) is 9.07. The SMILES string of the molecule is CCCCCCCCCC(CCCCCCCC)C1CCCCC1. The van der Waals surface area contributed by atoms with Crippen molar-refractivity contribution in [2.75, 3.05) is 0 Å². The van der Waals surface area contributed by atoms with Crippen LogP contribution < -0.4 is 0 Å². The van der Waals surface area contributed by atoms with Crippen molar-refractivity contribution in [3.63, 3.8) is 0 Å². The van der Waals surface area contributed by atoms with Gasteiger partial charge in [0.2, 0.25) is 0 Å². The van der Waals surface area contributed by atoms with Gasteiger partial charge in [0.05, 0.1) is 0 Å². The topological polar surface area (TPSA) is 0 Å². The summed E-state index contributed by atoms with van der Waals surface area (Å²) in [7, 11) is 0. The maximum absolute atomic E-state index is 2.32. The highest BCUT2D eigenvalue weighted by molar-refractivity contribution is 4.74. The molecule has 144 valence electrons. The zero-order chi connectivity index (χ0) is 17.3. The molecule has 1 rings (SSSR count). The number of rotatable bonds is 16. The lowest BCUT2D eigenvalue weighted by molar-refractivity contribution is 0.214. The van der Waals surface area contributed by atoms with E-state index in [1.165, 1.54) is 103 Å². The van der Waals surface area contributed by atoms with Gasteiger partial charge in [-0.1, -0.05) is 142 Å². The van der Waals surface area contributed by atoms with E-state index in [1.54, 1.807) is 25.7 Å². The van der Waals surface area contributed by atoms with Crippen molar-refractivity contribution < 1.29 is 0 Å². The van der Waals surface area contributed by atoms with Crippen LogP contribution in [0.5, 0.6) is 0 Å². The highest BCUT2D eigenvalue weighted by Crippen LogP contribution is 2.36. The monoisotopic (exact) mass is 336 g/mol. The number of hydrogen-bond acceptors (Lipinski definition) is 0. The molecule has 0 spiro atoms. The second-order valence-corrected chi connectivity index (χ2v) is 8.62. The molecule has 1 aliphatic rings. The van der Waals surface area contributed by atoms with Crippen LogP contribution in [0.2, 0.25) is 0 Å². The molecule has 1 atom stereocenters. The molecule has 1 aliphatic carbocycles. The summed E-state index contributed by atoms with van der Waals surface area (Å²) in [6, 6.07) is 0. The molecule has 1 unspecified atom stereocenters. The summed E-state index contributed by atoms with van der Waals surface area (Å²) in [5.74, 6) is 2.17. The van der Waals surface area contributed by atoms with Gasteiger partial charge in [-0.25, -0.2) is 0 Å². The van der Waals surface area contributed by atoms with Crippen LogP contribution in [0.15, 0.2) is 0 Å². The van der Waals surface area contributed by atoms with Crippen LogP contribution in [0.3, 0.4) is 0 Å². The van der Waals surface area contributed by atoms with E-state index in [-0.39, 0.29) is 0 Å². The van der Waals surface area contributed by atoms with Crippen LogP contribution >= 0.6 is 0 Å². The summed E-state index contributed by atoms with van der Waals surface area (Å²) >= 11 is 0. The zero-order valence-electron chi connectivity index (χ0n) is 17.3. The summed E-state index contributed by atoms with van der Waals surface area (Å²) in [4.78, 5) is 0. The molecule has 0 heteroatoms. The summed E-state index contributed by atoms with van der Waals surface area (Å²) in [6.45, 7) is 4.64. The lowest BCUT2D eigenvalue weighted by Crippen LogP contribution is -2.18. The lowest BCUT2D eigenvalue weighted by Gasteiger charge is -2.30. The van der Waals surface area contributed by atoms with Gasteiger partial charge < -0.3 is 0 Å². The van der Waals surface area contributed by atoms with Crippen molar-refractivity contribution in [2.45, 2.75) is 142 Å². The molecule has 0 nitrogen and oxygen atoms in total. The summed E-state index contributed by atoms with van der Waals surface area (Å²) in [6.07, 6.45) is 29.9. The molecule has 0 aromatic carbocycles. The lowest BCUT2D eigenvalue weighted by atomic mass is 9.75. The third-order valence-electron chi connectivity index (χ3n) is 6.42. The Morgan fingerprint density at radius 2 is 0.958 bits per heavy atom. The molecule has 0 amide bonds. The Morgan fingerprint density at radius 1 is 0.542 bits per heavy atom. The zero-order valence-corrected chi connectivity index (χ0v) is 17.3. The molecular formula is C24H48. The number of unbranched alkanes of at least 4 members (excludes halogenated alkanes) is 11. The first-order valence-electron chi connectivity index (χ1n) is 11.9. The second-order valence-electron chi connectivity index (χ2n) is 8.62. The van der Waals surface area contributed by atoms with Gasteiger partial charge in [-0.2, -0.15) is 0 Å². The highest BCUT2D eigenvalue weighted by atomic mass is 14.3. The Hall–Kier alpha value is 0. The Bertz CT molecular complexity index is 238. The van der Waals surface area contributed by atoms with Crippen molar-refractivity contribution in [1.82, 2.24) is 0 Å². The Morgan fingerprint density at radius 3 is 1.42 bits per heavy atom. The van der Waals surface area contributed by atoms with Crippen LogP contribution in [0.25, 0.3) is 0 Å². The van der Waals surface area contributed by atoms with E-state index < -0.39 is 0 Å². The highest BCUT2D eigenvalue weighted by Gasteiger charge is 2.22. The van der Waals surface area contributed by atoms with Gasteiger partial charge >= 0.3 is 0 Å². The molecular weight excluding hydrogens is 288 g/mol.